The molecule has 0 bridgehead atoms. The van der Waals surface area contributed by atoms with Crippen LogP contribution in [0.4, 0.5) is 0 Å². The number of oxazole rings is 1. The van der Waals surface area contributed by atoms with Gasteiger partial charge in [-0.25, -0.2) is 4.98 Å². The highest BCUT2D eigenvalue weighted by atomic mass is 16.4. The average Bonchev–Trinajstić information content (AvgIpc) is 2.17. The van der Waals surface area contributed by atoms with Crippen LogP contribution in [0.2, 0.25) is 0 Å². The first-order chi connectivity index (χ1) is 4.33. The van der Waals surface area contributed by atoms with Crippen molar-refractivity contribution < 1.29 is 9.52 Å². The molecule has 0 amide bonds. The van der Waals surface area contributed by atoms with Crippen molar-refractivity contribution in [1.29, 1.82) is 0 Å². The molecule has 1 heterocycles. The summed E-state index contributed by atoms with van der Waals surface area (Å²) in [5.41, 5.74) is 0. The zero-order valence-electron chi connectivity index (χ0n) is 5.29. The molecule has 0 spiro atoms. The first-order valence-corrected chi connectivity index (χ1v) is 2.85. The summed E-state index contributed by atoms with van der Waals surface area (Å²) in [6, 6.07) is 0. The maximum absolute atomic E-state index is 8.44. The molecule has 0 fully saturated rings. The highest BCUT2D eigenvalue weighted by molar-refractivity contribution is 4.92. The Morgan fingerprint density at radius 1 is 1.78 bits per heavy atom. The third-order valence-corrected chi connectivity index (χ3v) is 1.03. The summed E-state index contributed by atoms with van der Waals surface area (Å²) in [5.74, 6) is 1.40. The monoisotopic (exact) mass is 127 g/mol. The molecule has 3 heteroatoms. The second-order valence-electron chi connectivity index (χ2n) is 1.82. The number of aromatic nitrogens is 1. The van der Waals surface area contributed by atoms with Crippen molar-refractivity contribution >= 4 is 0 Å². The molecule has 9 heavy (non-hydrogen) atoms. The van der Waals surface area contributed by atoms with E-state index in [2.05, 4.69) is 4.98 Å². The van der Waals surface area contributed by atoms with E-state index in [1.807, 2.05) is 0 Å². The van der Waals surface area contributed by atoms with Crippen LogP contribution >= 0.6 is 0 Å². The van der Waals surface area contributed by atoms with E-state index in [4.69, 9.17) is 9.52 Å². The van der Waals surface area contributed by atoms with Gasteiger partial charge in [0.2, 0.25) is 0 Å². The SMILES string of the molecule is Cc1ncc(CCO)o1. The quantitative estimate of drug-likeness (QED) is 0.629. The zero-order valence-corrected chi connectivity index (χ0v) is 5.29. The zero-order chi connectivity index (χ0) is 6.69. The van der Waals surface area contributed by atoms with E-state index in [-0.39, 0.29) is 6.61 Å². The molecule has 0 aromatic carbocycles. The molecule has 0 aliphatic rings. The number of rotatable bonds is 2. The molecular weight excluding hydrogens is 118 g/mol. The Labute approximate surface area is 53.3 Å². The van der Waals surface area contributed by atoms with Crippen LogP contribution in [0.5, 0.6) is 0 Å². The molecule has 0 aliphatic heterocycles. The van der Waals surface area contributed by atoms with Crippen LogP contribution < -0.4 is 0 Å². The van der Waals surface area contributed by atoms with E-state index >= 15 is 0 Å². The van der Waals surface area contributed by atoms with Crippen molar-refractivity contribution in [2.24, 2.45) is 0 Å². The number of aliphatic hydroxyl groups excluding tert-OH is 1. The van der Waals surface area contributed by atoms with Crippen molar-refractivity contribution in [2.45, 2.75) is 13.3 Å². The van der Waals surface area contributed by atoms with Crippen LogP contribution in [-0.4, -0.2) is 16.7 Å². The predicted molar refractivity (Wildman–Crippen MR) is 32.0 cm³/mol. The Morgan fingerprint density at radius 3 is 3.00 bits per heavy atom. The fourth-order valence-corrected chi connectivity index (χ4v) is 0.631. The minimum Gasteiger partial charge on any atom is -0.446 e. The molecule has 50 valence electrons. The maximum Gasteiger partial charge on any atom is 0.191 e. The second kappa shape index (κ2) is 2.64. The lowest BCUT2D eigenvalue weighted by atomic mass is 10.4. The lowest BCUT2D eigenvalue weighted by Gasteiger charge is -1.85. The Balaban J connectivity index is 2.61. The molecule has 0 saturated carbocycles. The summed E-state index contributed by atoms with van der Waals surface area (Å²) in [7, 11) is 0. The van der Waals surface area contributed by atoms with Gasteiger partial charge in [0, 0.05) is 13.3 Å². The molecular formula is C6H9NO2. The molecule has 3 nitrogen and oxygen atoms in total. The second-order valence-corrected chi connectivity index (χ2v) is 1.82. The molecule has 0 unspecified atom stereocenters. The van der Waals surface area contributed by atoms with E-state index in [0.717, 1.165) is 5.76 Å². The minimum atomic E-state index is 0.120. The lowest BCUT2D eigenvalue weighted by Crippen LogP contribution is -1.86. The van der Waals surface area contributed by atoms with Crippen molar-refractivity contribution in [3.63, 3.8) is 0 Å². The van der Waals surface area contributed by atoms with Crippen LogP contribution in [0.25, 0.3) is 0 Å². The minimum absolute atomic E-state index is 0.120. The van der Waals surface area contributed by atoms with E-state index in [1.54, 1.807) is 13.1 Å². The smallest absolute Gasteiger partial charge is 0.191 e. The summed E-state index contributed by atoms with van der Waals surface area (Å²) in [5, 5.41) is 8.44. The molecule has 0 atom stereocenters. The van der Waals surface area contributed by atoms with E-state index in [9.17, 15) is 0 Å². The van der Waals surface area contributed by atoms with Crippen molar-refractivity contribution in [2.75, 3.05) is 6.61 Å². The van der Waals surface area contributed by atoms with Gasteiger partial charge in [0.25, 0.3) is 0 Å². The topological polar surface area (TPSA) is 46.3 Å². The number of aryl methyl sites for hydroxylation is 1. The van der Waals surface area contributed by atoms with E-state index in [1.165, 1.54) is 0 Å². The first-order valence-electron chi connectivity index (χ1n) is 2.85. The van der Waals surface area contributed by atoms with Gasteiger partial charge in [-0.1, -0.05) is 0 Å². The van der Waals surface area contributed by atoms with Gasteiger partial charge in [0.05, 0.1) is 12.8 Å². The summed E-state index contributed by atoms with van der Waals surface area (Å²) in [6.07, 6.45) is 2.19. The maximum atomic E-state index is 8.44. The van der Waals surface area contributed by atoms with Gasteiger partial charge >= 0.3 is 0 Å². The van der Waals surface area contributed by atoms with Gasteiger partial charge in [-0.15, -0.1) is 0 Å². The predicted octanol–water partition coefficient (Wildman–Crippen LogP) is 0.518. The Hall–Kier alpha value is -0.830. The fourth-order valence-electron chi connectivity index (χ4n) is 0.631. The van der Waals surface area contributed by atoms with Gasteiger partial charge in [0.15, 0.2) is 5.89 Å². The highest BCUT2D eigenvalue weighted by Crippen LogP contribution is 2.01. The van der Waals surface area contributed by atoms with Gasteiger partial charge in [0.1, 0.15) is 5.76 Å². The van der Waals surface area contributed by atoms with Gasteiger partial charge in [-0.05, 0) is 0 Å². The molecule has 1 N–H and O–H groups in total. The van der Waals surface area contributed by atoms with Crippen LogP contribution in [0, 0.1) is 6.92 Å². The highest BCUT2D eigenvalue weighted by Gasteiger charge is 1.96. The van der Waals surface area contributed by atoms with E-state index < -0.39 is 0 Å². The molecule has 0 aliphatic carbocycles. The third kappa shape index (κ3) is 1.54. The van der Waals surface area contributed by atoms with Gasteiger partial charge in [-0.2, -0.15) is 0 Å². The number of aliphatic hydroxyl groups is 1. The van der Waals surface area contributed by atoms with Gasteiger partial charge in [-0.3, -0.25) is 0 Å². The number of hydrogen-bond acceptors (Lipinski definition) is 3. The Bertz CT molecular complexity index is 183. The summed E-state index contributed by atoms with van der Waals surface area (Å²) in [4.78, 5) is 3.86. The summed E-state index contributed by atoms with van der Waals surface area (Å²) < 4.78 is 5.05. The normalized spacial score (nSPS) is 10.0. The molecule has 0 radical (unpaired) electrons. The van der Waals surface area contributed by atoms with Crippen molar-refractivity contribution in [3.8, 4) is 0 Å². The standard InChI is InChI=1S/C6H9NO2/c1-5-7-4-6(9-5)2-3-8/h4,8H,2-3H2,1H3. The molecule has 1 aromatic rings. The summed E-state index contributed by atoms with van der Waals surface area (Å²) >= 11 is 0. The summed E-state index contributed by atoms with van der Waals surface area (Å²) in [6.45, 7) is 1.90. The van der Waals surface area contributed by atoms with Gasteiger partial charge < -0.3 is 9.52 Å². The van der Waals surface area contributed by atoms with Crippen LogP contribution in [0.3, 0.4) is 0 Å². The Morgan fingerprint density at radius 2 is 2.56 bits per heavy atom. The molecule has 0 saturated heterocycles. The van der Waals surface area contributed by atoms with Crippen LogP contribution in [-0.2, 0) is 6.42 Å². The fraction of sp³-hybridized carbons (Fsp3) is 0.500. The van der Waals surface area contributed by atoms with Crippen molar-refractivity contribution in [1.82, 2.24) is 4.98 Å². The third-order valence-electron chi connectivity index (χ3n) is 1.03. The first kappa shape index (κ1) is 6.29. The number of nitrogens with zero attached hydrogens (tertiary/aromatic N) is 1. The van der Waals surface area contributed by atoms with Crippen molar-refractivity contribution in [3.05, 3.63) is 17.8 Å². The molecule has 1 aromatic heterocycles. The average molecular weight is 127 g/mol. The largest absolute Gasteiger partial charge is 0.446 e. The van der Waals surface area contributed by atoms with Crippen LogP contribution in [0.15, 0.2) is 10.6 Å². The lowest BCUT2D eigenvalue weighted by molar-refractivity contribution is 0.286. The Kier molecular flexibility index (Phi) is 1.85. The van der Waals surface area contributed by atoms with E-state index in [0.29, 0.717) is 12.3 Å². The molecule has 1 rings (SSSR count). The number of hydrogen-bond donors (Lipinski definition) is 1. The van der Waals surface area contributed by atoms with Crippen LogP contribution in [0.1, 0.15) is 11.7 Å².